The van der Waals surface area contributed by atoms with Crippen LogP contribution in [-0.4, -0.2) is 25.6 Å². The number of nitrogen functional groups attached to an aromatic ring is 1. The van der Waals surface area contributed by atoms with Gasteiger partial charge in [0.05, 0.1) is 16.7 Å². The van der Waals surface area contributed by atoms with E-state index < -0.39 is 18.5 Å². The Balaban J connectivity index is 2.18. The fraction of sp³-hybridized carbons (Fsp3) is 0.214. The second-order valence-electron chi connectivity index (χ2n) is 4.84. The number of aromatic nitrogens is 4. The van der Waals surface area contributed by atoms with Crippen molar-refractivity contribution in [3.05, 3.63) is 45.3 Å². The Kier molecular flexibility index (Phi) is 4.12. The molecule has 0 bridgehead atoms. The first-order valence-corrected chi connectivity index (χ1v) is 7.56. The molecule has 0 unspecified atom stereocenters. The van der Waals surface area contributed by atoms with Gasteiger partial charge in [0.1, 0.15) is 0 Å². The first-order chi connectivity index (χ1) is 11.0. The van der Waals surface area contributed by atoms with E-state index in [2.05, 4.69) is 26.0 Å². The van der Waals surface area contributed by atoms with Gasteiger partial charge >= 0.3 is 5.69 Å². The summed E-state index contributed by atoms with van der Waals surface area (Å²) in [6, 6.07) is 9.24. The van der Waals surface area contributed by atoms with Crippen LogP contribution in [0.2, 0.25) is 0 Å². The van der Waals surface area contributed by atoms with E-state index in [4.69, 9.17) is 5.73 Å². The monoisotopic (exact) mass is 383 g/mol. The van der Waals surface area contributed by atoms with Gasteiger partial charge < -0.3 is 5.73 Å². The van der Waals surface area contributed by atoms with E-state index in [9.17, 15) is 13.6 Å². The van der Waals surface area contributed by atoms with Crippen LogP contribution in [0, 0.1) is 0 Å². The molecule has 1 aromatic carbocycles. The van der Waals surface area contributed by atoms with Gasteiger partial charge in [-0.1, -0.05) is 30.3 Å². The summed E-state index contributed by atoms with van der Waals surface area (Å²) in [6.07, 6.45) is -2.97. The molecule has 0 amide bonds. The molecule has 0 atom stereocenters. The highest BCUT2D eigenvalue weighted by Crippen LogP contribution is 2.29. The summed E-state index contributed by atoms with van der Waals surface area (Å²) < 4.78 is 27.3. The van der Waals surface area contributed by atoms with Gasteiger partial charge in [0.2, 0.25) is 12.4 Å². The fourth-order valence-corrected chi connectivity index (χ4v) is 2.80. The van der Waals surface area contributed by atoms with Gasteiger partial charge in [0.25, 0.3) is 0 Å². The molecule has 0 saturated carbocycles. The van der Waals surface area contributed by atoms with Crippen LogP contribution in [0.15, 0.2) is 39.6 Å². The topological polar surface area (TPSA) is 78.2 Å². The number of rotatable bonds is 4. The molecule has 0 aliphatic carbocycles. The lowest BCUT2D eigenvalue weighted by atomic mass is 10.1. The van der Waals surface area contributed by atoms with Crippen molar-refractivity contribution < 1.29 is 8.78 Å². The van der Waals surface area contributed by atoms with E-state index in [0.717, 1.165) is 14.6 Å². The predicted octanol–water partition coefficient (Wildman–Crippen LogP) is 2.56. The van der Waals surface area contributed by atoms with E-state index in [-0.39, 0.29) is 18.1 Å². The van der Waals surface area contributed by atoms with Crippen molar-refractivity contribution in [3.8, 4) is 11.3 Å². The molecular formula is C14H12BrF2N5O. The Morgan fingerprint density at radius 3 is 2.61 bits per heavy atom. The van der Waals surface area contributed by atoms with Gasteiger partial charge in [-0.2, -0.15) is 0 Å². The number of alkyl halides is 2. The van der Waals surface area contributed by atoms with Gasteiger partial charge in [0, 0.05) is 12.0 Å². The molecule has 0 aliphatic heterocycles. The molecule has 0 saturated heterocycles. The third-order valence-corrected chi connectivity index (χ3v) is 4.04. The summed E-state index contributed by atoms with van der Waals surface area (Å²) >= 11 is 3.38. The maximum atomic E-state index is 12.4. The quantitative estimate of drug-likeness (QED) is 0.750. The number of nitrogens with two attached hydrogens (primary N) is 1. The van der Waals surface area contributed by atoms with E-state index in [0.29, 0.717) is 10.2 Å². The fourth-order valence-electron chi connectivity index (χ4n) is 2.23. The maximum Gasteiger partial charge on any atom is 0.353 e. The maximum absolute atomic E-state index is 12.4. The molecular weight excluding hydrogens is 372 g/mol. The highest BCUT2D eigenvalue weighted by atomic mass is 79.9. The SMILES string of the molecule is Nc1nc(-c2ccccc2)c(Br)c2nn(CCC(F)F)c(=O)n12. The molecule has 0 radical (unpaired) electrons. The number of hydrogen-bond acceptors (Lipinski definition) is 4. The summed E-state index contributed by atoms with van der Waals surface area (Å²) in [5.41, 5.74) is 6.84. The summed E-state index contributed by atoms with van der Waals surface area (Å²) in [4.78, 5) is 16.5. The van der Waals surface area contributed by atoms with Gasteiger partial charge in [-0.25, -0.2) is 27.6 Å². The third-order valence-electron chi connectivity index (χ3n) is 3.31. The van der Waals surface area contributed by atoms with Crippen molar-refractivity contribution in [2.24, 2.45) is 0 Å². The average molecular weight is 384 g/mol. The summed E-state index contributed by atoms with van der Waals surface area (Å²) in [5, 5.41) is 4.10. The lowest BCUT2D eigenvalue weighted by Crippen LogP contribution is -2.24. The molecule has 9 heteroatoms. The Bertz CT molecular complexity index is 907. The van der Waals surface area contributed by atoms with Crippen molar-refractivity contribution in [2.75, 3.05) is 5.73 Å². The van der Waals surface area contributed by atoms with Crippen LogP contribution >= 0.6 is 15.9 Å². The Morgan fingerprint density at radius 1 is 1.26 bits per heavy atom. The number of halogens is 3. The summed E-state index contributed by atoms with van der Waals surface area (Å²) in [7, 11) is 0. The molecule has 2 heterocycles. The standard InChI is InChI=1S/C14H12BrF2N5O/c15-10-11(8-4-2-1-3-5-8)19-13(18)22-12(10)20-21(14(22)23)7-6-9(16)17/h1-5,9H,6-7H2,(H2,18,19). The minimum atomic E-state index is -2.51. The number of aryl methyl sites for hydroxylation is 1. The Morgan fingerprint density at radius 2 is 1.96 bits per heavy atom. The van der Waals surface area contributed by atoms with Gasteiger partial charge in [-0.3, -0.25) is 0 Å². The highest BCUT2D eigenvalue weighted by Gasteiger charge is 2.18. The van der Waals surface area contributed by atoms with E-state index in [1.807, 2.05) is 30.3 Å². The molecule has 3 rings (SSSR count). The van der Waals surface area contributed by atoms with Crippen molar-refractivity contribution in [2.45, 2.75) is 19.4 Å². The molecule has 0 aliphatic rings. The van der Waals surface area contributed by atoms with Gasteiger partial charge in [-0.05, 0) is 15.9 Å². The Labute approximate surface area is 137 Å². The average Bonchev–Trinajstić information content (AvgIpc) is 2.87. The number of anilines is 1. The van der Waals surface area contributed by atoms with E-state index in [1.165, 1.54) is 0 Å². The molecule has 0 fully saturated rings. The van der Waals surface area contributed by atoms with Crippen LogP contribution in [0.3, 0.4) is 0 Å². The van der Waals surface area contributed by atoms with Crippen molar-refractivity contribution in [1.29, 1.82) is 0 Å². The van der Waals surface area contributed by atoms with Crippen molar-refractivity contribution in [3.63, 3.8) is 0 Å². The first kappa shape index (κ1) is 15.6. The van der Waals surface area contributed by atoms with E-state index in [1.54, 1.807) is 0 Å². The third kappa shape index (κ3) is 2.83. The van der Waals surface area contributed by atoms with Crippen LogP contribution in [0.25, 0.3) is 16.9 Å². The molecule has 3 aromatic rings. The lowest BCUT2D eigenvalue weighted by Gasteiger charge is -2.06. The summed E-state index contributed by atoms with van der Waals surface area (Å²) in [5.74, 6) is -0.0460. The molecule has 2 aromatic heterocycles. The van der Waals surface area contributed by atoms with E-state index >= 15 is 0 Å². The highest BCUT2D eigenvalue weighted by molar-refractivity contribution is 9.10. The molecule has 23 heavy (non-hydrogen) atoms. The number of benzene rings is 1. The number of fused-ring (bicyclic) bond motifs is 1. The van der Waals surface area contributed by atoms with Crippen LogP contribution < -0.4 is 11.4 Å². The van der Waals surface area contributed by atoms with Crippen LogP contribution in [0.1, 0.15) is 6.42 Å². The molecule has 6 nitrogen and oxygen atoms in total. The molecule has 2 N–H and O–H groups in total. The normalized spacial score (nSPS) is 11.5. The smallest absolute Gasteiger partial charge is 0.353 e. The zero-order chi connectivity index (χ0) is 16.6. The second kappa shape index (κ2) is 6.07. The van der Waals surface area contributed by atoms with Crippen LogP contribution in [-0.2, 0) is 6.54 Å². The van der Waals surface area contributed by atoms with Crippen LogP contribution in [0.4, 0.5) is 14.7 Å². The summed E-state index contributed by atoms with van der Waals surface area (Å²) in [6.45, 7) is -0.190. The number of nitrogens with zero attached hydrogens (tertiary/aromatic N) is 4. The second-order valence-corrected chi connectivity index (χ2v) is 5.64. The first-order valence-electron chi connectivity index (χ1n) is 6.77. The zero-order valence-electron chi connectivity index (χ0n) is 11.8. The van der Waals surface area contributed by atoms with Crippen LogP contribution in [0.5, 0.6) is 0 Å². The van der Waals surface area contributed by atoms with Gasteiger partial charge in [-0.15, -0.1) is 5.10 Å². The Hall–Kier alpha value is -2.29. The van der Waals surface area contributed by atoms with Gasteiger partial charge in [0.15, 0.2) is 5.65 Å². The molecule has 0 spiro atoms. The minimum absolute atomic E-state index is 0.0460. The van der Waals surface area contributed by atoms with Crippen molar-refractivity contribution >= 4 is 27.5 Å². The van der Waals surface area contributed by atoms with Crippen molar-refractivity contribution in [1.82, 2.24) is 19.2 Å². The lowest BCUT2D eigenvalue weighted by molar-refractivity contribution is 0.129. The largest absolute Gasteiger partial charge is 0.369 e. The minimum Gasteiger partial charge on any atom is -0.369 e. The predicted molar refractivity (Wildman–Crippen MR) is 85.4 cm³/mol. The molecule has 120 valence electrons. The zero-order valence-corrected chi connectivity index (χ0v) is 13.4. The number of hydrogen-bond donors (Lipinski definition) is 1.